The van der Waals surface area contributed by atoms with Crippen molar-refractivity contribution in [3.63, 3.8) is 0 Å². The molecule has 0 aromatic rings. The zero-order chi connectivity index (χ0) is 36.0. The second-order valence-corrected chi connectivity index (χ2v) is 14.7. The summed E-state index contributed by atoms with van der Waals surface area (Å²) in [5.74, 6) is -0.485. The highest BCUT2D eigenvalue weighted by Crippen LogP contribution is 2.17. The summed E-state index contributed by atoms with van der Waals surface area (Å²) in [5.41, 5.74) is 0. The molecule has 6 heteroatoms. The predicted octanol–water partition coefficient (Wildman–Crippen LogP) is 11.8. The number of esters is 1. The fourth-order valence-electron chi connectivity index (χ4n) is 6.55. The summed E-state index contributed by atoms with van der Waals surface area (Å²) < 4.78 is 5.84. The number of nitrogens with one attached hydrogen (secondary N) is 1. The monoisotopic (exact) mass is 694 g/mol. The molecule has 3 atom stereocenters. The molecule has 0 radical (unpaired) electrons. The summed E-state index contributed by atoms with van der Waals surface area (Å²) in [6.45, 7) is 6.38. The highest BCUT2D eigenvalue weighted by molar-refractivity contribution is 5.77. The SMILES string of the molecule is CCC/C=C\CCCCCCCC(=O)OC(CCCCCCCCC)CC(=O)NC(CO)C(O)CCCCCCCCCCCCCCC. The van der Waals surface area contributed by atoms with E-state index in [0.29, 0.717) is 19.3 Å². The van der Waals surface area contributed by atoms with Crippen LogP contribution in [0.25, 0.3) is 0 Å². The van der Waals surface area contributed by atoms with Crippen molar-refractivity contribution in [3.8, 4) is 0 Å². The largest absolute Gasteiger partial charge is 0.462 e. The molecule has 290 valence electrons. The standard InChI is InChI=1S/C43H83NO5/c1-4-7-10-13-16-18-20-21-22-23-26-29-32-35-41(46)40(38-45)44-42(47)37-39(34-31-28-25-15-12-9-6-3)49-43(48)36-33-30-27-24-19-17-14-11-8-5-2/h11,14,39-41,45-46H,4-10,12-13,15-38H2,1-3H3,(H,44,47)/b14-11-. The molecule has 0 fully saturated rings. The highest BCUT2D eigenvalue weighted by atomic mass is 16.5. The third-order valence-corrected chi connectivity index (χ3v) is 9.83. The first-order valence-corrected chi connectivity index (χ1v) is 21.4. The molecule has 1 amide bonds. The fraction of sp³-hybridized carbons (Fsp3) is 0.907. The number of aliphatic hydroxyl groups is 2. The average Bonchev–Trinajstić information content (AvgIpc) is 3.09. The summed E-state index contributed by atoms with van der Waals surface area (Å²) in [6.07, 6.45) is 38.5. The van der Waals surface area contributed by atoms with Crippen LogP contribution in [0.1, 0.15) is 226 Å². The Bertz CT molecular complexity index is 742. The number of amides is 1. The molecule has 0 aliphatic heterocycles. The number of allylic oxidation sites excluding steroid dienone is 2. The van der Waals surface area contributed by atoms with Gasteiger partial charge in [0.1, 0.15) is 6.10 Å². The Morgan fingerprint density at radius 2 is 1.02 bits per heavy atom. The molecule has 6 nitrogen and oxygen atoms in total. The molecular weight excluding hydrogens is 610 g/mol. The Morgan fingerprint density at radius 1 is 0.571 bits per heavy atom. The molecule has 0 aromatic heterocycles. The van der Waals surface area contributed by atoms with Crippen molar-refractivity contribution in [2.75, 3.05) is 6.61 Å². The van der Waals surface area contributed by atoms with Gasteiger partial charge in [-0.05, 0) is 44.9 Å². The van der Waals surface area contributed by atoms with Gasteiger partial charge in [0.25, 0.3) is 0 Å². The number of hydrogen-bond donors (Lipinski definition) is 3. The van der Waals surface area contributed by atoms with Crippen molar-refractivity contribution < 1.29 is 24.5 Å². The van der Waals surface area contributed by atoms with E-state index >= 15 is 0 Å². The quantitative estimate of drug-likeness (QED) is 0.0340. The second kappa shape index (κ2) is 37.8. The lowest BCUT2D eigenvalue weighted by atomic mass is 10.0. The van der Waals surface area contributed by atoms with Crippen molar-refractivity contribution in [1.82, 2.24) is 5.32 Å². The van der Waals surface area contributed by atoms with Crippen LogP contribution in [0.3, 0.4) is 0 Å². The van der Waals surface area contributed by atoms with Crippen LogP contribution in [0.5, 0.6) is 0 Å². The number of rotatable bonds is 38. The summed E-state index contributed by atoms with van der Waals surface area (Å²) >= 11 is 0. The summed E-state index contributed by atoms with van der Waals surface area (Å²) in [5, 5.41) is 23.5. The molecule has 49 heavy (non-hydrogen) atoms. The molecule has 0 rings (SSSR count). The third-order valence-electron chi connectivity index (χ3n) is 9.83. The van der Waals surface area contributed by atoms with Gasteiger partial charge in [-0.2, -0.15) is 0 Å². The summed E-state index contributed by atoms with van der Waals surface area (Å²) in [4.78, 5) is 25.7. The third kappa shape index (κ3) is 33.5. The second-order valence-electron chi connectivity index (χ2n) is 14.7. The van der Waals surface area contributed by atoms with Gasteiger partial charge in [0.2, 0.25) is 5.91 Å². The number of unbranched alkanes of at least 4 members (excludes halogenated alkanes) is 24. The van der Waals surface area contributed by atoms with E-state index in [-0.39, 0.29) is 24.9 Å². The summed E-state index contributed by atoms with van der Waals surface area (Å²) in [7, 11) is 0. The molecule has 0 saturated heterocycles. The minimum Gasteiger partial charge on any atom is -0.462 e. The molecule has 0 bridgehead atoms. The Labute approximate surface area is 304 Å². The fourth-order valence-corrected chi connectivity index (χ4v) is 6.55. The Morgan fingerprint density at radius 3 is 1.53 bits per heavy atom. The lowest BCUT2D eigenvalue weighted by Crippen LogP contribution is -2.46. The molecule has 0 aliphatic rings. The van der Waals surface area contributed by atoms with Crippen LogP contribution in [0.4, 0.5) is 0 Å². The van der Waals surface area contributed by atoms with E-state index < -0.39 is 18.2 Å². The molecule has 0 heterocycles. The van der Waals surface area contributed by atoms with Gasteiger partial charge in [-0.3, -0.25) is 9.59 Å². The van der Waals surface area contributed by atoms with Crippen molar-refractivity contribution in [3.05, 3.63) is 12.2 Å². The van der Waals surface area contributed by atoms with E-state index in [1.807, 2.05) is 0 Å². The zero-order valence-corrected chi connectivity index (χ0v) is 32.8. The van der Waals surface area contributed by atoms with Gasteiger partial charge in [-0.1, -0.05) is 181 Å². The van der Waals surface area contributed by atoms with Gasteiger partial charge in [0, 0.05) is 6.42 Å². The van der Waals surface area contributed by atoms with E-state index in [1.165, 1.54) is 122 Å². The zero-order valence-electron chi connectivity index (χ0n) is 32.8. The first-order chi connectivity index (χ1) is 24.0. The molecular formula is C43H83NO5. The smallest absolute Gasteiger partial charge is 0.306 e. The number of carbonyl (C=O) groups excluding carboxylic acids is 2. The normalized spacial score (nSPS) is 13.5. The van der Waals surface area contributed by atoms with Gasteiger partial charge in [0.15, 0.2) is 0 Å². The van der Waals surface area contributed by atoms with Crippen molar-refractivity contribution in [2.45, 2.75) is 244 Å². The van der Waals surface area contributed by atoms with Gasteiger partial charge < -0.3 is 20.3 Å². The topological polar surface area (TPSA) is 95.9 Å². The van der Waals surface area contributed by atoms with Crippen LogP contribution >= 0.6 is 0 Å². The maximum atomic E-state index is 13.0. The summed E-state index contributed by atoms with van der Waals surface area (Å²) in [6, 6.07) is -0.693. The van der Waals surface area contributed by atoms with Crippen LogP contribution in [0.2, 0.25) is 0 Å². The van der Waals surface area contributed by atoms with Crippen LogP contribution in [0, 0.1) is 0 Å². The minimum absolute atomic E-state index is 0.0785. The Balaban J connectivity index is 4.44. The molecule has 3 unspecified atom stereocenters. The van der Waals surface area contributed by atoms with E-state index in [9.17, 15) is 19.8 Å². The first-order valence-electron chi connectivity index (χ1n) is 21.4. The number of ether oxygens (including phenoxy) is 1. The van der Waals surface area contributed by atoms with Crippen molar-refractivity contribution >= 4 is 11.9 Å². The lowest BCUT2D eigenvalue weighted by Gasteiger charge is -2.24. The Hall–Kier alpha value is -1.40. The maximum absolute atomic E-state index is 13.0. The number of carbonyl (C=O) groups is 2. The minimum atomic E-state index is -0.779. The molecule has 0 saturated carbocycles. The van der Waals surface area contributed by atoms with Crippen LogP contribution in [0.15, 0.2) is 12.2 Å². The van der Waals surface area contributed by atoms with Crippen molar-refractivity contribution in [1.29, 1.82) is 0 Å². The number of hydrogen-bond acceptors (Lipinski definition) is 5. The van der Waals surface area contributed by atoms with E-state index in [4.69, 9.17) is 4.74 Å². The van der Waals surface area contributed by atoms with Gasteiger partial charge >= 0.3 is 5.97 Å². The first kappa shape index (κ1) is 47.6. The molecule has 0 spiro atoms. The number of aliphatic hydroxyl groups excluding tert-OH is 2. The van der Waals surface area contributed by atoms with E-state index in [2.05, 4.69) is 38.2 Å². The average molecular weight is 694 g/mol. The van der Waals surface area contributed by atoms with Crippen LogP contribution < -0.4 is 5.32 Å². The van der Waals surface area contributed by atoms with Crippen LogP contribution in [-0.4, -0.2) is 46.9 Å². The lowest BCUT2D eigenvalue weighted by molar-refractivity contribution is -0.151. The molecule has 3 N–H and O–H groups in total. The van der Waals surface area contributed by atoms with Gasteiger partial charge in [-0.15, -0.1) is 0 Å². The van der Waals surface area contributed by atoms with Crippen LogP contribution in [-0.2, 0) is 14.3 Å². The van der Waals surface area contributed by atoms with E-state index in [1.54, 1.807) is 0 Å². The predicted molar refractivity (Wildman–Crippen MR) is 209 cm³/mol. The molecule has 0 aromatic carbocycles. The van der Waals surface area contributed by atoms with Crippen molar-refractivity contribution in [2.24, 2.45) is 0 Å². The maximum Gasteiger partial charge on any atom is 0.306 e. The highest BCUT2D eigenvalue weighted by Gasteiger charge is 2.24. The van der Waals surface area contributed by atoms with Gasteiger partial charge in [-0.25, -0.2) is 0 Å². The van der Waals surface area contributed by atoms with Gasteiger partial charge in [0.05, 0.1) is 25.2 Å². The van der Waals surface area contributed by atoms with E-state index in [0.717, 1.165) is 57.8 Å². The molecule has 0 aliphatic carbocycles. The Kier molecular flexibility index (Phi) is 36.8.